The Morgan fingerprint density at radius 1 is 0.212 bits per heavy atom. The van der Waals surface area contributed by atoms with Gasteiger partial charge >= 0.3 is 0 Å². The molecule has 0 unspecified atom stereocenters. The molecule has 0 radical (unpaired) electrons. The van der Waals surface area contributed by atoms with Crippen molar-refractivity contribution in [3.8, 4) is 44.8 Å². The van der Waals surface area contributed by atoms with E-state index < -0.39 is 0 Å². The van der Waals surface area contributed by atoms with Crippen molar-refractivity contribution in [3.05, 3.63) is 281 Å². The first-order valence-corrected chi connectivity index (χ1v) is 41.6. The summed E-state index contributed by atoms with van der Waals surface area (Å²) in [4.78, 5) is 5.51. The van der Waals surface area contributed by atoms with Crippen LogP contribution in [0.5, 0.6) is 0 Å². The molecule has 0 aliphatic carbocycles. The molecule has 0 N–H and O–H groups in total. The Kier molecular flexibility index (Phi) is 17.8. The summed E-state index contributed by atoms with van der Waals surface area (Å²) in [6.45, 7) is 64.1. The van der Waals surface area contributed by atoms with Gasteiger partial charge in [0.15, 0.2) is 0 Å². The van der Waals surface area contributed by atoms with Crippen molar-refractivity contribution >= 4 is 101 Å². The molecule has 4 nitrogen and oxygen atoms in total. The van der Waals surface area contributed by atoms with Crippen LogP contribution in [0, 0.1) is 0 Å². The number of fused-ring (bicyclic) bond motifs is 11. The lowest BCUT2D eigenvalue weighted by molar-refractivity contribution is 0.568. The summed E-state index contributed by atoms with van der Waals surface area (Å²) in [7, 11) is 0. The van der Waals surface area contributed by atoms with Gasteiger partial charge in [0, 0.05) is 66.8 Å². The average molecular weight is 1480 g/mol. The number of nitrogens with zero attached hydrogens (tertiary/aromatic N) is 4. The van der Waals surface area contributed by atoms with E-state index in [1.807, 2.05) is 0 Å². The normalized spacial score (nSPS) is 13.9. The van der Waals surface area contributed by atoms with Crippen LogP contribution >= 0.6 is 0 Å². The van der Waals surface area contributed by atoms with E-state index in [9.17, 15) is 0 Å². The smallest absolute Gasteiger partial charge is 0.252 e. The maximum absolute atomic E-state index is 2.76. The van der Waals surface area contributed by atoms with Gasteiger partial charge in [-0.25, -0.2) is 0 Å². The van der Waals surface area contributed by atoms with E-state index in [1.54, 1.807) is 0 Å². The quantitative estimate of drug-likeness (QED) is 0.148. The Bertz CT molecular complexity index is 6080. The third-order valence-corrected chi connectivity index (χ3v) is 24.8. The van der Waals surface area contributed by atoms with Gasteiger partial charge in [0.05, 0.1) is 33.4 Å². The van der Waals surface area contributed by atoms with Crippen LogP contribution in [-0.2, 0) is 48.7 Å². The standard InChI is InChI=1S/C108H119BN4/c1-100(2,3)70-42-49-91(85(61-70)68-53-74(104(13,14)15)59-75(54-68)105(16,17)18)112-93-57-66(67-51-72(102(7,8)9)58-73(52-67)103(10,11)12)41-47-87(93)109-88-48-44-80(111-90-40-34-32-38-82(90)84-46-45-83-81-37-31-33-39-89(81)110(98(83)99(84)111)79-35-29-28-30-36-79)65-94(88)113(96-64-78(108(25,26)27)63-95(112)97(96)109)92-50-43-71(101(4,5)6)62-86(92)69-55-76(106(19,20)21)60-77(56-69)107(22,23)24/h28-65H,1-27H3. The van der Waals surface area contributed by atoms with E-state index in [-0.39, 0.29) is 55.4 Å². The molecule has 113 heavy (non-hydrogen) atoms. The van der Waals surface area contributed by atoms with Gasteiger partial charge in [-0.3, -0.25) is 0 Å². The SMILES string of the molecule is CC(C)(C)c1cc(-c2ccc3c(c2)N(c2ccc(C(C)(C)C)cc2-c2cc(C(C)(C)C)cc(C(C)(C)C)c2)c2cc(C(C)(C)C)cc4c2B3c2ccc(-n3c5ccccc5c5ccc6c7ccccc7n(-c7ccccc7)c6c53)cc2N4c2ccc(C(C)(C)C)cc2-c2cc(C(C)(C)C)cc(C(C)(C)C)c2)cc(C(C)(C)C)c1. The van der Waals surface area contributed by atoms with Gasteiger partial charge in [-0.2, -0.15) is 0 Å². The van der Waals surface area contributed by atoms with Crippen molar-refractivity contribution in [2.24, 2.45) is 0 Å². The molecule has 4 heterocycles. The van der Waals surface area contributed by atoms with Crippen molar-refractivity contribution in [1.82, 2.24) is 9.13 Å². The monoisotopic (exact) mass is 1480 g/mol. The molecule has 2 aromatic heterocycles. The van der Waals surface area contributed by atoms with Gasteiger partial charge in [-0.05, 0) is 216 Å². The maximum Gasteiger partial charge on any atom is 0.252 e. The van der Waals surface area contributed by atoms with Crippen LogP contribution in [0.15, 0.2) is 231 Å². The first-order valence-electron chi connectivity index (χ1n) is 41.6. The fourth-order valence-corrected chi connectivity index (χ4v) is 17.7. The lowest BCUT2D eigenvalue weighted by atomic mass is 9.33. The van der Waals surface area contributed by atoms with Crippen LogP contribution in [-0.4, -0.2) is 15.8 Å². The molecule has 0 saturated carbocycles. The summed E-state index contributed by atoms with van der Waals surface area (Å²) in [6.07, 6.45) is 0. The molecular weight excluding hydrogens is 1360 g/mol. The zero-order chi connectivity index (χ0) is 80.9. The molecule has 2 aliphatic rings. The van der Waals surface area contributed by atoms with Crippen molar-refractivity contribution in [2.45, 2.75) is 236 Å². The topological polar surface area (TPSA) is 16.3 Å². The summed E-state index contributed by atoms with van der Waals surface area (Å²) in [5.74, 6) is 0. The Morgan fingerprint density at radius 3 is 0.938 bits per heavy atom. The summed E-state index contributed by atoms with van der Waals surface area (Å²) < 4.78 is 5.14. The number of hydrogen-bond donors (Lipinski definition) is 0. The number of para-hydroxylation sites is 3. The van der Waals surface area contributed by atoms with E-state index in [0.717, 1.165) is 34.0 Å². The highest BCUT2D eigenvalue weighted by atomic mass is 15.2. The molecule has 0 saturated heterocycles. The van der Waals surface area contributed by atoms with Crippen molar-refractivity contribution in [2.75, 3.05) is 9.80 Å². The largest absolute Gasteiger partial charge is 0.311 e. The Balaban J connectivity index is 1.09. The highest BCUT2D eigenvalue weighted by Crippen LogP contribution is 2.54. The number of hydrogen-bond acceptors (Lipinski definition) is 2. The highest BCUT2D eigenvalue weighted by Gasteiger charge is 2.46. The first kappa shape index (κ1) is 76.9. The van der Waals surface area contributed by atoms with Crippen LogP contribution in [0.4, 0.5) is 34.1 Å². The van der Waals surface area contributed by atoms with Gasteiger partial charge in [-0.1, -0.05) is 339 Å². The van der Waals surface area contributed by atoms with Gasteiger partial charge < -0.3 is 18.9 Å². The first-order chi connectivity index (χ1) is 52.7. The predicted octanol–water partition coefficient (Wildman–Crippen LogP) is 28.6. The second-order valence-electron chi connectivity index (χ2n) is 42.6. The Labute approximate surface area is 676 Å². The predicted molar refractivity (Wildman–Crippen MR) is 494 cm³/mol. The second kappa shape index (κ2) is 26.2. The van der Waals surface area contributed by atoms with Gasteiger partial charge in [0.1, 0.15) is 0 Å². The van der Waals surface area contributed by atoms with Crippen LogP contribution in [0.25, 0.3) is 88.4 Å². The molecule has 5 heteroatoms. The third kappa shape index (κ3) is 13.5. The number of anilines is 6. The van der Waals surface area contributed by atoms with E-state index in [2.05, 4.69) is 436 Å². The second-order valence-corrected chi connectivity index (χ2v) is 42.6. The van der Waals surface area contributed by atoms with Crippen LogP contribution in [0.3, 0.4) is 0 Å². The molecule has 2 aliphatic heterocycles. The average Bonchev–Trinajstić information content (AvgIpc) is 0.874. The van der Waals surface area contributed by atoms with Gasteiger partial charge in [0.25, 0.3) is 6.71 Å². The number of rotatable bonds is 7. The molecule has 16 rings (SSSR count). The lowest BCUT2D eigenvalue weighted by Crippen LogP contribution is -2.61. The maximum atomic E-state index is 2.76. The Hall–Kier alpha value is -10.1. The fourth-order valence-electron chi connectivity index (χ4n) is 17.7. The van der Waals surface area contributed by atoms with Crippen molar-refractivity contribution in [3.63, 3.8) is 0 Å². The Morgan fingerprint density at radius 2 is 0.549 bits per heavy atom. The summed E-state index contributed by atoms with van der Waals surface area (Å²) >= 11 is 0. The molecular formula is C108H119BN4. The minimum Gasteiger partial charge on any atom is -0.311 e. The molecule has 12 aromatic carbocycles. The van der Waals surface area contributed by atoms with Gasteiger partial charge in [0.2, 0.25) is 0 Å². The highest BCUT2D eigenvalue weighted by molar-refractivity contribution is 7.00. The van der Waals surface area contributed by atoms with E-state index in [4.69, 9.17) is 0 Å². The summed E-state index contributed by atoms with van der Waals surface area (Å²) in [6, 6.07) is 91.9. The van der Waals surface area contributed by atoms with Crippen LogP contribution < -0.4 is 26.2 Å². The molecule has 0 fully saturated rings. The van der Waals surface area contributed by atoms with Crippen LogP contribution in [0.2, 0.25) is 0 Å². The summed E-state index contributed by atoms with van der Waals surface area (Å²) in [5, 5.41) is 4.89. The molecule has 0 bridgehead atoms. The molecule has 14 aromatic rings. The third-order valence-electron chi connectivity index (χ3n) is 24.8. The van der Waals surface area contributed by atoms with Crippen molar-refractivity contribution in [1.29, 1.82) is 0 Å². The van der Waals surface area contributed by atoms with Crippen LogP contribution in [0.1, 0.15) is 237 Å². The minimum absolute atomic E-state index is 0.0918. The zero-order valence-electron chi connectivity index (χ0n) is 72.8. The van der Waals surface area contributed by atoms with E-state index in [0.29, 0.717) is 0 Å². The van der Waals surface area contributed by atoms with Crippen molar-refractivity contribution < 1.29 is 0 Å². The van der Waals surface area contributed by atoms with Gasteiger partial charge in [-0.15, -0.1) is 0 Å². The molecule has 0 atom stereocenters. The minimum atomic E-state index is -0.311. The summed E-state index contributed by atoms with van der Waals surface area (Å²) in [5.41, 5.74) is 35.7. The zero-order valence-corrected chi connectivity index (χ0v) is 72.8. The fraction of sp³-hybridized carbons (Fsp3) is 0.333. The molecule has 0 amide bonds. The molecule has 0 spiro atoms. The lowest BCUT2D eigenvalue weighted by Gasteiger charge is -2.46. The molecule has 574 valence electrons. The number of aromatic nitrogens is 2. The van der Waals surface area contributed by atoms with E-state index >= 15 is 0 Å². The number of benzene rings is 12. The van der Waals surface area contributed by atoms with E-state index in [1.165, 1.54) is 155 Å².